The van der Waals surface area contributed by atoms with Crippen LogP contribution in [-0.2, 0) is 0 Å². The highest BCUT2D eigenvalue weighted by molar-refractivity contribution is 5.30. The van der Waals surface area contributed by atoms with Gasteiger partial charge in [-0.1, -0.05) is 39.8 Å². The second-order valence-electron chi connectivity index (χ2n) is 6.93. The van der Waals surface area contributed by atoms with E-state index in [0.717, 1.165) is 24.6 Å². The van der Waals surface area contributed by atoms with Gasteiger partial charge in [0, 0.05) is 19.0 Å². The van der Waals surface area contributed by atoms with Gasteiger partial charge in [-0.05, 0) is 43.0 Å². The summed E-state index contributed by atoms with van der Waals surface area (Å²) in [4.78, 5) is 2.46. The summed E-state index contributed by atoms with van der Waals surface area (Å²) in [5.41, 5.74) is 1.35. The van der Waals surface area contributed by atoms with Gasteiger partial charge in [0.05, 0.1) is 0 Å². The van der Waals surface area contributed by atoms with Gasteiger partial charge in [0.2, 0.25) is 0 Å². The van der Waals surface area contributed by atoms with Crippen molar-refractivity contribution in [3.63, 3.8) is 0 Å². The van der Waals surface area contributed by atoms with Gasteiger partial charge in [-0.15, -0.1) is 0 Å². The molecule has 0 aromatic heterocycles. The maximum absolute atomic E-state index is 6.21. The van der Waals surface area contributed by atoms with Gasteiger partial charge in [0.25, 0.3) is 0 Å². The van der Waals surface area contributed by atoms with Crippen molar-refractivity contribution in [3.05, 3.63) is 29.8 Å². The molecule has 2 nitrogen and oxygen atoms in total. The molecule has 2 atom stereocenters. The maximum Gasteiger partial charge on any atom is 0.120 e. The number of hydrogen-bond donors (Lipinski definition) is 0. The Labute approximate surface area is 124 Å². The first-order valence-electron chi connectivity index (χ1n) is 7.92. The van der Waals surface area contributed by atoms with E-state index in [4.69, 9.17) is 4.74 Å². The fraction of sp³-hybridized carbons (Fsp3) is 0.667. The standard InChI is InChI=1S/C18H29NO/c1-13(2)9-16-11-18(12-19(16)5)20-17-8-6-7-15(10-17)14(3)4/h6-8,10,13-14,16,18H,9,11-12H2,1-5H3. The topological polar surface area (TPSA) is 12.5 Å². The van der Waals surface area contributed by atoms with Crippen LogP contribution in [0.5, 0.6) is 5.75 Å². The lowest BCUT2D eigenvalue weighted by Crippen LogP contribution is -2.26. The zero-order valence-electron chi connectivity index (χ0n) is 13.6. The quantitative estimate of drug-likeness (QED) is 0.794. The van der Waals surface area contributed by atoms with E-state index in [1.165, 1.54) is 12.0 Å². The summed E-state index contributed by atoms with van der Waals surface area (Å²) in [5, 5.41) is 0. The smallest absolute Gasteiger partial charge is 0.120 e. The minimum absolute atomic E-state index is 0.339. The molecule has 2 rings (SSSR count). The molecule has 1 aromatic rings. The van der Waals surface area contributed by atoms with Gasteiger partial charge in [-0.3, -0.25) is 4.90 Å². The third-order valence-electron chi connectivity index (χ3n) is 4.22. The van der Waals surface area contributed by atoms with Gasteiger partial charge in [-0.25, -0.2) is 0 Å². The Bertz CT molecular complexity index is 427. The highest BCUT2D eigenvalue weighted by Crippen LogP contribution is 2.27. The lowest BCUT2D eigenvalue weighted by atomic mass is 10.0. The largest absolute Gasteiger partial charge is 0.489 e. The molecule has 1 heterocycles. The Hall–Kier alpha value is -1.02. The average molecular weight is 275 g/mol. The van der Waals surface area contributed by atoms with E-state index in [-0.39, 0.29) is 0 Å². The normalized spacial score (nSPS) is 23.8. The number of hydrogen-bond acceptors (Lipinski definition) is 2. The van der Waals surface area contributed by atoms with Crippen LogP contribution in [0.15, 0.2) is 24.3 Å². The van der Waals surface area contributed by atoms with Crippen molar-refractivity contribution in [2.45, 2.75) is 58.6 Å². The van der Waals surface area contributed by atoms with Crippen LogP contribution < -0.4 is 4.74 Å². The molecule has 2 unspecified atom stereocenters. The summed E-state index contributed by atoms with van der Waals surface area (Å²) in [6.45, 7) is 10.1. The Morgan fingerprint density at radius 3 is 2.65 bits per heavy atom. The number of benzene rings is 1. The average Bonchev–Trinajstić information content (AvgIpc) is 2.69. The molecule has 0 spiro atoms. The number of likely N-dealkylation sites (tertiary alicyclic amines) is 1. The molecule has 20 heavy (non-hydrogen) atoms. The Morgan fingerprint density at radius 1 is 1.25 bits per heavy atom. The highest BCUT2D eigenvalue weighted by atomic mass is 16.5. The third kappa shape index (κ3) is 3.99. The molecule has 1 aliphatic heterocycles. The van der Waals surface area contributed by atoms with Crippen LogP contribution in [0.4, 0.5) is 0 Å². The number of rotatable bonds is 5. The van der Waals surface area contributed by atoms with Crippen LogP contribution in [0, 0.1) is 5.92 Å². The fourth-order valence-electron chi connectivity index (χ4n) is 3.07. The lowest BCUT2D eigenvalue weighted by molar-refractivity contribution is 0.207. The summed E-state index contributed by atoms with van der Waals surface area (Å²) in [5.74, 6) is 2.34. The zero-order valence-corrected chi connectivity index (χ0v) is 13.6. The van der Waals surface area contributed by atoms with E-state index in [1.54, 1.807) is 0 Å². The lowest BCUT2D eigenvalue weighted by Gasteiger charge is -2.20. The molecule has 0 bridgehead atoms. The Balaban J connectivity index is 1.96. The van der Waals surface area contributed by atoms with Gasteiger partial charge >= 0.3 is 0 Å². The first-order valence-corrected chi connectivity index (χ1v) is 7.92. The molecule has 1 aromatic carbocycles. The van der Waals surface area contributed by atoms with E-state index in [2.05, 4.69) is 63.9 Å². The third-order valence-corrected chi connectivity index (χ3v) is 4.22. The Morgan fingerprint density at radius 2 is 2.00 bits per heavy atom. The number of nitrogens with zero attached hydrogens (tertiary/aromatic N) is 1. The molecule has 0 radical (unpaired) electrons. The van der Waals surface area contributed by atoms with Crippen LogP contribution in [0.25, 0.3) is 0 Å². The minimum Gasteiger partial charge on any atom is -0.489 e. The van der Waals surface area contributed by atoms with Crippen LogP contribution in [-0.4, -0.2) is 30.6 Å². The molecule has 0 saturated carbocycles. The molecule has 0 aliphatic carbocycles. The van der Waals surface area contributed by atoms with Crippen molar-refractivity contribution in [2.75, 3.05) is 13.6 Å². The molecule has 112 valence electrons. The number of likely N-dealkylation sites (N-methyl/N-ethyl adjacent to an activating group) is 1. The second-order valence-corrected chi connectivity index (χ2v) is 6.93. The van der Waals surface area contributed by atoms with Crippen LogP contribution in [0.2, 0.25) is 0 Å². The summed E-state index contributed by atoms with van der Waals surface area (Å²) in [7, 11) is 2.22. The van der Waals surface area contributed by atoms with Crippen molar-refractivity contribution in [1.29, 1.82) is 0 Å². The van der Waals surface area contributed by atoms with Crippen LogP contribution >= 0.6 is 0 Å². The molecule has 2 heteroatoms. The van der Waals surface area contributed by atoms with Crippen molar-refractivity contribution in [2.24, 2.45) is 5.92 Å². The molecule has 1 saturated heterocycles. The molecular formula is C18H29NO. The van der Waals surface area contributed by atoms with E-state index >= 15 is 0 Å². The predicted octanol–water partition coefficient (Wildman–Crippen LogP) is 4.31. The summed E-state index contributed by atoms with van der Waals surface area (Å²) >= 11 is 0. The van der Waals surface area contributed by atoms with E-state index < -0.39 is 0 Å². The van der Waals surface area contributed by atoms with E-state index in [1.807, 2.05) is 0 Å². The first kappa shape index (κ1) is 15.4. The second kappa shape index (κ2) is 6.62. The van der Waals surface area contributed by atoms with Crippen molar-refractivity contribution >= 4 is 0 Å². The Kier molecular flexibility index (Phi) is 5.09. The van der Waals surface area contributed by atoms with Crippen LogP contribution in [0.3, 0.4) is 0 Å². The molecule has 0 amide bonds. The van der Waals surface area contributed by atoms with Gasteiger partial charge in [0.15, 0.2) is 0 Å². The maximum atomic E-state index is 6.21. The van der Waals surface area contributed by atoms with Gasteiger partial charge in [-0.2, -0.15) is 0 Å². The first-order chi connectivity index (χ1) is 9.45. The SMILES string of the molecule is CC(C)CC1CC(Oc2cccc(C(C)C)c2)CN1C. The zero-order chi connectivity index (χ0) is 14.7. The molecular weight excluding hydrogens is 246 g/mol. The molecule has 1 aliphatic rings. The summed E-state index contributed by atoms with van der Waals surface area (Å²) in [6, 6.07) is 9.24. The van der Waals surface area contributed by atoms with Crippen molar-refractivity contribution in [1.82, 2.24) is 4.90 Å². The van der Waals surface area contributed by atoms with Crippen LogP contribution in [0.1, 0.15) is 52.0 Å². The van der Waals surface area contributed by atoms with E-state index in [0.29, 0.717) is 18.1 Å². The van der Waals surface area contributed by atoms with Crippen molar-refractivity contribution in [3.8, 4) is 5.75 Å². The van der Waals surface area contributed by atoms with Crippen molar-refractivity contribution < 1.29 is 4.74 Å². The summed E-state index contributed by atoms with van der Waals surface area (Å²) in [6.07, 6.45) is 2.76. The number of ether oxygens (including phenoxy) is 1. The fourth-order valence-corrected chi connectivity index (χ4v) is 3.07. The van der Waals surface area contributed by atoms with Gasteiger partial charge in [0.1, 0.15) is 11.9 Å². The monoisotopic (exact) mass is 275 g/mol. The van der Waals surface area contributed by atoms with E-state index in [9.17, 15) is 0 Å². The van der Waals surface area contributed by atoms with Gasteiger partial charge < -0.3 is 4.74 Å². The summed E-state index contributed by atoms with van der Waals surface area (Å²) < 4.78 is 6.21. The molecule has 0 N–H and O–H groups in total. The predicted molar refractivity (Wildman–Crippen MR) is 85.4 cm³/mol. The molecule has 1 fully saturated rings. The highest BCUT2D eigenvalue weighted by Gasteiger charge is 2.31. The minimum atomic E-state index is 0.339.